The molecule has 1 saturated heterocycles. The van der Waals surface area contributed by atoms with Gasteiger partial charge in [0.05, 0.1) is 25.5 Å². The second-order valence-electron chi connectivity index (χ2n) is 8.10. The second-order valence-corrected chi connectivity index (χ2v) is 8.10. The van der Waals surface area contributed by atoms with Crippen LogP contribution in [0.2, 0.25) is 0 Å². The van der Waals surface area contributed by atoms with Crippen molar-refractivity contribution in [2.75, 3.05) is 51.1 Å². The van der Waals surface area contributed by atoms with Crippen LogP contribution in [0.15, 0.2) is 35.6 Å². The van der Waals surface area contributed by atoms with Crippen molar-refractivity contribution in [3.63, 3.8) is 0 Å². The number of anilines is 2. The summed E-state index contributed by atoms with van der Waals surface area (Å²) in [5, 5.41) is 14.3. The van der Waals surface area contributed by atoms with Crippen LogP contribution in [0.25, 0.3) is 16.6 Å². The highest BCUT2D eigenvalue weighted by Crippen LogP contribution is 2.36. The zero-order valence-corrected chi connectivity index (χ0v) is 18.7. The number of methoxy groups -OCH3 is 1. The van der Waals surface area contributed by atoms with Crippen molar-refractivity contribution in [1.29, 1.82) is 5.53 Å². The number of likely N-dealkylation sites (tertiary alicyclic amines) is 1. The Bertz CT molecular complexity index is 1120. The largest absolute Gasteiger partial charge is 0.479 e. The van der Waals surface area contributed by atoms with Crippen molar-refractivity contribution < 1.29 is 13.5 Å². The lowest BCUT2D eigenvalue weighted by Crippen LogP contribution is -2.46. The van der Waals surface area contributed by atoms with E-state index in [0.29, 0.717) is 54.7 Å². The first kappa shape index (κ1) is 22.8. The molecule has 0 amide bonds. The summed E-state index contributed by atoms with van der Waals surface area (Å²) in [7, 11) is 3.44. The van der Waals surface area contributed by atoms with Crippen LogP contribution >= 0.6 is 0 Å². The molecule has 1 aliphatic heterocycles. The van der Waals surface area contributed by atoms with Crippen LogP contribution in [0, 0.1) is 5.53 Å². The third kappa shape index (κ3) is 4.87. The zero-order valence-electron chi connectivity index (χ0n) is 18.7. The van der Waals surface area contributed by atoms with E-state index in [2.05, 4.69) is 25.8 Å². The van der Waals surface area contributed by atoms with Gasteiger partial charge in [-0.1, -0.05) is 6.07 Å². The lowest BCUT2D eigenvalue weighted by molar-refractivity contribution is 0.149. The number of fused-ring (bicyclic) bond motifs is 1. The number of hydrogen-bond acceptors (Lipinski definition) is 8. The van der Waals surface area contributed by atoms with Crippen LogP contribution in [0.1, 0.15) is 12.8 Å². The van der Waals surface area contributed by atoms with E-state index in [4.69, 9.17) is 10.3 Å². The van der Waals surface area contributed by atoms with Gasteiger partial charge in [0.15, 0.2) is 0 Å². The number of rotatable bonds is 9. The van der Waals surface area contributed by atoms with E-state index in [1.165, 1.54) is 7.11 Å². The van der Waals surface area contributed by atoms with Crippen molar-refractivity contribution in [1.82, 2.24) is 19.5 Å². The Hall–Kier alpha value is -3.34. The molecule has 3 N–H and O–H groups in total. The minimum atomic E-state index is -1.02. The summed E-state index contributed by atoms with van der Waals surface area (Å²) in [6.07, 6.45) is 1.80. The van der Waals surface area contributed by atoms with Crippen LogP contribution in [-0.2, 0) is 0 Å². The lowest BCUT2D eigenvalue weighted by Gasteiger charge is -2.32. The Balaban J connectivity index is 1.66. The molecule has 0 unspecified atom stereocenters. The van der Waals surface area contributed by atoms with Gasteiger partial charge in [-0.2, -0.15) is 10.1 Å². The van der Waals surface area contributed by atoms with E-state index in [9.17, 15) is 8.78 Å². The van der Waals surface area contributed by atoms with Gasteiger partial charge >= 0.3 is 0 Å². The van der Waals surface area contributed by atoms with Gasteiger partial charge in [-0.15, -0.1) is 5.10 Å². The van der Waals surface area contributed by atoms with Crippen molar-refractivity contribution >= 4 is 22.8 Å². The Morgan fingerprint density at radius 2 is 2.18 bits per heavy atom. The summed E-state index contributed by atoms with van der Waals surface area (Å²) < 4.78 is 34.2. The monoisotopic (exact) mass is 458 g/mol. The molecule has 0 aliphatic carbocycles. The molecule has 3 heterocycles. The van der Waals surface area contributed by atoms with Gasteiger partial charge < -0.3 is 20.3 Å². The highest BCUT2D eigenvalue weighted by molar-refractivity contribution is 5.87. The summed E-state index contributed by atoms with van der Waals surface area (Å²) in [6, 6.07) is 6.97. The van der Waals surface area contributed by atoms with Crippen LogP contribution < -0.4 is 15.4 Å². The lowest BCUT2D eigenvalue weighted by atomic mass is 10.0. The molecular formula is C22H28F2N8O. The highest BCUT2D eigenvalue weighted by Gasteiger charge is 2.28. The number of halogens is 2. The minimum absolute atomic E-state index is 0.302. The Morgan fingerprint density at radius 1 is 1.33 bits per heavy atom. The van der Waals surface area contributed by atoms with E-state index in [-0.39, 0.29) is 6.04 Å². The fourth-order valence-electron chi connectivity index (χ4n) is 4.05. The van der Waals surface area contributed by atoms with Crippen molar-refractivity contribution in [3.05, 3.63) is 30.5 Å². The summed E-state index contributed by atoms with van der Waals surface area (Å²) in [4.78, 5) is 6.45. The molecule has 2 atom stereocenters. The maximum Gasteiger partial charge on any atom is 0.244 e. The SMILES string of the molecule is COc1nc(N[C@H]2CCN(C)C[C@H]2F)nn2ccc(-c3ccc(N=N)c(NCCCF)c3)c12. The summed E-state index contributed by atoms with van der Waals surface area (Å²) in [5.74, 6) is 0.660. The Morgan fingerprint density at radius 3 is 2.91 bits per heavy atom. The molecule has 1 aromatic carbocycles. The average molecular weight is 459 g/mol. The predicted octanol–water partition coefficient (Wildman–Crippen LogP) is 4.29. The van der Waals surface area contributed by atoms with Gasteiger partial charge in [-0.25, -0.2) is 14.4 Å². The summed E-state index contributed by atoms with van der Waals surface area (Å²) in [6.45, 7) is 1.18. The van der Waals surface area contributed by atoms with Crippen LogP contribution in [0.5, 0.6) is 5.88 Å². The number of ether oxygens (including phenoxy) is 1. The van der Waals surface area contributed by atoms with Gasteiger partial charge in [0.1, 0.15) is 17.4 Å². The molecule has 9 nitrogen and oxygen atoms in total. The van der Waals surface area contributed by atoms with E-state index in [1.807, 2.05) is 30.1 Å². The van der Waals surface area contributed by atoms with Gasteiger partial charge in [0.25, 0.3) is 0 Å². The predicted molar refractivity (Wildman–Crippen MR) is 123 cm³/mol. The van der Waals surface area contributed by atoms with Crippen molar-refractivity contribution in [3.8, 4) is 17.0 Å². The molecule has 0 saturated carbocycles. The number of nitrogens with zero attached hydrogens (tertiary/aromatic N) is 5. The van der Waals surface area contributed by atoms with E-state index >= 15 is 0 Å². The first-order chi connectivity index (χ1) is 16.0. The number of hydrogen-bond donors (Lipinski definition) is 3. The second kappa shape index (κ2) is 10.1. The average Bonchev–Trinajstić information content (AvgIpc) is 3.24. The van der Waals surface area contributed by atoms with Crippen molar-refractivity contribution in [2.45, 2.75) is 25.1 Å². The number of piperidine rings is 1. The third-order valence-corrected chi connectivity index (χ3v) is 5.79. The smallest absolute Gasteiger partial charge is 0.244 e. The number of benzene rings is 1. The van der Waals surface area contributed by atoms with Gasteiger partial charge in [0.2, 0.25) is 11.8 Å². The molecule has 176 valence electrons. The standard InChI is InChI=1S/C22H28F2N8O/c1-31-10-7-17(16(24)13-31)27-22-28-21(33-2)20-15(6-11-32(20)30-22)14-4-5-18(29-25)19(12-14)26-9-3-8-23/h4-6,11-12,16-17,25-26H,3,7-10,13H2,1-2H3,(H,27,30)/t16-,17+/m1/s1. The molecular weight excluding hydrogens is 430 g/mol. The van der Waals surface area contributed by atoms with Gasteiger partial charge in [0, 0.05) is 31.4 Å². The Kier molecular flexibility index (Phi) is 6.97. The topological polar surface area (TPSA) is 103 Å². The molecule has 1 fully saturated rings. The van der Waals surface area contributed by atoms with Gasteiger partial charge in [-0.3, -0.25) is 4.39 Å². The van der Waals surface area contributed by atoms with Crippen LogP contribution in [-0.4, -0.2) is 72.2 Å². The molecule has 0 spiro atoms. The maximum absolute atomic E-state index is 14.5. The molecule has 4 rings (SSSR count). The van der Waals surface area contributed by atoms with E-state index < -0.39 is 12.8 Å². The number of nitrogens with one attached hydrogen (secondary N) is 3. The molecule has 33 heavy (non-hydrogen) atoms. The molecule has 3 aromatic rings. The first-order valence-electron chi connectivity index (χ1n) is 10.9. The number of aromatic nitrogens is 3. The fraction of sp³-hybridized carbons (Fsp3) is 0.455. The quantitative estimate of drug-likeness (QED) is 0.327. The molecule has 1 aliphatic rings. The van der Waals surface area contributed by atoms with Crippen LogP contribution in [0.3, 0.4) is 0 Å². The first-order valence-corrected chi connectivity index (χ1v) is 10.9. The minimum Gasteiger partial charge on any atom is -0.479 e. The van der Waals surface area contributed by atoms with E-state index in [0.717, 1.165) is 17.7 Å². The number of alkyl halides is 2. The summed E-state index contributed by atoms with van der Waals surface area (Å²) >= 11 is 0. The summed E-state index contributed by atoms with van der Waals surface area (Å²) in [5.41, 5.74) is 10.8. The molecule has 0 radical (unpaired) electrons. The van der Waals surface area contributed by atoms with Crippen molar-refractivity contribution in [2.24, 2.45) is 5.11 Å². The van der Waals surface area contributed by atoms with Crippen LogP contribution in [0.4, 0.5) is 26.1 Å². The zero-order chi connectivity index (χ0) is 23.4. The maximum atomic E-state index is 14.5. The highest BCUT2D eigenvalue weighted by atomic mass is 19.1. The van der Waals surface area contributed by atoms with E-state index in [1.54, 1.807) is 16.8 Å². The fourth-order valence-corrected chi connectivity index (χ4v) is 4.05. The normalized spacial score (nSPS) is 18.9. The van der Waals surface area contributed by atoms with Gasteiger partial charge in [-0.05, 0) is 43.7 Å². The molecule has 0 bridgehead atoms. The third-order valence-electron chi connectivity index (χ3n) is 5.79. The molecule has 11 heteroatoms. The Labute approximate surface area is 190 Å². The molecule has 2 aromatic heterocycles.